The first-order valence-electron chi connectivity index (χ1n) is 8.91. The second kappa shape index (κ2) is 6.23. The quantitative estimate of drug-likeness (QED) is 0.625. The molecule has 0 saturated carbocycles. The number of hydrogen-bond acceptors (Lipinski definition) is 4. The minimum atomic E-state index is -0.603. The third kappa shape index (κ3) is 2.84. The van der Waals surface area contributed by atoms with Crippen molar-refractivity contribution in [2.24, 2.45) is 0 Å². The number of methoxy groups -OCH3 is 1. The minimum absolute atomic E-state index is 0.0151. The van der Waals surface area contributed by atoms with Gasteiger partial charge in [0.15, 0.2) is 10.8 Å². The molecule has 2 aliphatic heterocycles. The summed E-state index contributed by atoms with van der Waals surface area (Å²) in [6, 6.07) is 11.7. The number of benzene rings is 2. The van der Waals surface area contributed by atoms with Crippen molar-refractivity contribution in [1.29, 1.82) is 0 Å². The summed E-state index contributed by atoms with van der Waals surface area (Å²) in [6.07, 6.45) is 0.706. The normalized spacial score (nSPS) is 23.2. The molecule has 2 atom stereocenters. The van der Waals surface area contributed by atoms with Crippen LogP contribution in [0.2, 0.25) is 0 Å². The van der Waals surface area contributed by atoms with Crippen LogP contribution in [0.1, 0.15) is 46.4 Å². The zero-order chi connectivity index (χ0) is 19.3. The molecule has 5 nitrogen and oxygen atoms in total. The number of hydrogen-bond donors (Lipinski definition) is 1. The third-order valence-electron chi connectivity index (χ3n) is 5.44. The van der Waals surface area contributed by atoms with Gasteiger partial charge in [-0.05, 0) is 74.4 Å². The molecular weight excluding hydrogens is 360 g/mol. The maximum Gasteiger partial charge on any atom is 0.337 e. The van der Waals surface area contributed by atoms with Crippen molar-refractivity contribution in [3.05, 3.63) is 58.7 Å². The standard InChI is InChI=1S/C21H22N2O3S/c1-12-5-7-15(9-13(12)2)23-20(27)22-17-11-21(23,3)26-18-8-6-14(10-16(17)18)19(24)25-4/h5-10,17H,11H2,1-4H3,(H,22,27)/t17-,21-/m1/s1. The molecule has 2 aromatic rings. The summed E-state index contributed by atoms with van der Waals surface area (Å²) in [4.78, 5) is 13.9. The second-order valence-corrected chi connectivity index (χ2v) is 7.72. The van der Waals surface area contributed by atoms with Gasteiger partial charge >= 0.3 is 5.97 Å². The van der Waals surface area contributed by atoms with Gasteiger partial charge in [-0.3, -0.25) is 4.90 Å². The first kappa shape index (κ1) is 17.8. The predicted molar refractivity (Wildman–Crippen MR) is 108 cm³/mol. The fourth-order valence-corrected chi connectivity index (χ4v) is 4.32. The van der Waals surface area contributed by atoms with E-state index in [1.807, 2.05) is 17.0 Å². The van der Waals surface area contributed by atoms with E-state index in [0.29, 0.717) is 17.1 Å². The highest BCUT2D eigenvalue weighted by Crippen LogP contribution is 2.46. The lowest BCUT2D eigenvalue weighted by Gasteiger charge is -2.52. The van der Waals surface area contributed by atoms with E-state index in [1.54, 1.807) is 6.07 Å². The summed E-state index contributed by atoms with van der Waals surface area (Å²) >= 11 is 5.69. The Hall–Kier alpha value is -2.60. The average Bonchev–Trinajstić information content (AvgIpc) is 2.63. The molecule has 2 aromatic carbocycles. The summed E-state index contributed by atoms with van der Waals surface area (Å²) in [5, 5.41) is 4.04. The summed E-state index contributed by atoms with van der Waals surface area (Å²) < 4.78 is 11.2. The van der Waals surface area contributed by atoms with Gasteiger partial charge in [0.25, 0.3) is 0 Å². The highest BCUT2D eigenvalue weighted by Gasteiger charge is 2.48. The molecule has 1 saturated heterocycles. The topological polar surface area (TPSA) is 50.8 Å². The molecule has 140 valence electrons. The predicted octanol–water partition coefficient (Wildman–Crippen LogP) is 4.02. The Labute approximate surface area is 164 Å². The zero-order valence-corrected chi connectivity index (χ0v) is 16.6. The summed E-state index contributed by atoms with van der Waals surface area (Å²) in [5.41, 5.74) is 4.29. The Morgan fingerprint density at radius 1 is 1.26 bits per heavy atom. The number of carbonyl (C=O) groups excluding carboxylic acids is 1. The average molecular weight is 382 g/mol. The molecule has 0 amide bonds. The fraction of sp³-hybridized carbons (Fsp3) is 0.333. The smallest absolute Gasteiger partial charge is 0.337 e. The first-order valence-corrected chi connectivity index (χ1v) is 9.32. The molecule has 2 aliphatic rings. The van der Waals surface area contributed by atoms with Crippen molar-refractivity contribution in [3.8, 4) is 5.75 Å². The van der Waals surface area contributed by atoms with Gasteiger partial charge in [-0.1, -0.05) is 6.07 Å². The molecule has 6 heteroatoms. The Bertz CT molecular complexity index is 958. The lowest BCUT2D eigenvalue weighted by molar-refractivity contribution is 0.0494. The zero-order valence-electron chi connectivity index (χ0n) is 15.8. The molecule has 4 rings (SSSR count). The highest BCUT2D eigenvalue weighted by molar-refractivity contribution is 7.80. The Kier molecular flexibility index (Phi) is 4.11. The van der Waals surface area contributed by atoms with Gasteiger partial charge in [-0.25, -0.2) is 4.79 Å². The Morgan fingerprint density at radius 3 is 2.74 bits per heavy atom. The van der Waals surface area contributed by atoms with Crippen molar-refractivity contribution in [1.82, 2.24) is 5.32 Å². The number of nitrogens with zero attached hydrogens (tertiary/aromatic N) is 1. The van der Waals surface area contributed by atoms with E-state index in [4.69, 9.17) is 21.7 Å². The van der Waals surface area contributed by atoms with Crippen molar-refractivity contribution in [3.63, 3.8) is 0 Å². The maximum atomic E-state index is 11.9. The molecule has 0 aliphatic carbocycles. The third-order valence-corrected chi connectivity index (χ3v) is 5.74. The highest BCUT2D eigenvalue weighted by atomic mass is 32.1. The van der Waals surface area contributed by atoms with E-state index in [-0.39, 0.29) is 12.0 Å². The van der Waals surface area contributed by atoms with Crippen LogP contribution >= 0.6 is 12.2 Å². The number of anilines is 1. The molecule has 0 aromatic heterocycles. The van der Waals surface area contributed by atoms with Crippen LogP contribution in [0, 0.1) is 13.8 Å². The molecule has 1 N–H and O–H groups in total. The molecule has 1 fully saturated rings. The van der Waals surface area contributed by atoms with Crippen molar-refractivity contribution >= 4 is 29.0 Å². The van der Waals surface area contributed by atoms with Crippen molar-refractivity contribution in [2.45, 2.75) is 39.0 Å². The maximum absolute atomic E-state index is 11.9. The fourth-order valence-electron chi connectivity index (χ4n) is 3.87. The van der Waals surface area contributed by atoms with Crippen LogP contribution < -0.4 is 15.0 Å². The molecule has 27 heavy (non-hydrogen) atoms. The van der Waals surface area contributed by atoms with E-state index in [9.17, 15) is 4.79 Å². The summed E-state index contributed by atoms with van der Waals surface area (Å²) in [5.74, 6) is 0.395. The summed E-state index contributed by atoms with van der Waals surface area (Å²) in [7, 11) is 1.38. The lowest BCUT2D eigenvalue weighted by Crippen LogP contribution is -2.65. The van der Waals surface area contributed by atoms with Crippen molar-refractivity contribution < 1.29 is 14.3 Å². The molecule has 2 heterocycles. The van der Waals surface area contributed by atoms with Crippen LogP contribution in [0.4, 0.5) is 5.69 Å². The minimum Gasteiger partial charge on any atom is -0.467 e. The van der Waals surface area contributed by atoms with Gasteiger partial charge < -0.3 is 14.8 Å². The van der Waals surface area contributed by atoms with E-state index >= 15 is 0 Å². The molecular formula is C21H22N2O3S. The van der Waals surface area contributed by atoms with Gasteiger partial charge in [-0.2, -0.15) is 0 Å². The Morgan fingerprint density at radius 2 is 2.04 bits per heavy atom. The van der Waals surface area contributed by atoms with Gasteiger partial charge in [0.2, 0.25) is 0 Å². The van der Waals surface area contributed by atoms with E-state index in [2.05, 4.69) is 44.3 Å². The number of nitrogens with one attached hydrogen (secondary N) is 1. The lowest BCUT2D eigenvalue weighted by atomic mass is 9.89. The van der Waals surface area contributed by atoms with Crippen LogP contribution in [-0.4, -0.2) is 23.9 Å². The van der Waals surface area contributed by atoms with Crippen LogP contribution in [0.3, 0.4) is 0 Å². The largest absolute Gasteiger partial charge is 0.467 e. The molecule has 0 unspecified atom stereocenters. The first-order chi connectivity index (χ1) is 12.8. The van der Waals surface area contributed by atoms with Crippen LogP contribution in [0.25, 0.3) is 0 Å². The van der Waals surface area contributed by atoms with Gasteiger partial charge in [0.05, 0.1) is 18.7 Å². The number of rotatable bonds is 2. The van der Waals surface area contributed by atoms with E-state index in [0.717, 1.165) is 17.0 Å². The number of esters is 1. The molecule has 2 bridgehead atoms. The molecule has 0 radical (unpaired) electrons. The SMILES string of the molecule is COC(=O)c1ccc2c(c1)[C@H]1C[C@@](C)(O2)N(c2ccc(C)c(C)c2)C(=S)N1. The van der Waals surface area contributed by atoms with E-state index in [1.165, 1.54) is 18.2 Å². The second-order valence-electron chi connectivity index (χ2n) is 7.33. The summed E-state index contributed by atoms with van der Waals surface area (Å²) in [6.45, 7) is 6.24. The number of thiocarbonyl (C=S) groups is 1. The van der Waals surface area contributed by atoms with Crippen LogP contribution in [0.15, 0.2) is 36.4 Å². The van der Waals surface area contributed by atoms with E-state index < -0.39 is 5.72 Å². The number of ether oxygens (including phenoxy) is 2. The number of carbonyl (C=O) groups is 1. The van der Waals surface area contributed by atoms with Crippen molar-refractivity contribution in [2.75, 3.05) is 12.0 Å². The van der Waals surface area contributed by atoms with Gasteiger partial charge in [0, 0.05) is 17.7 Å². The number of aryl methyl sites for hydroxylation is 2. The monoisotopic (exact) mass is 382 g/mol. The molecule has 0 spiro atoms. The van der Waals surface area contributed by atoms with Gasteiger partial charge in [-0.15, -0.1) is 0 Å². The van der Waals surface area contributed by atoms with Crippen LogP contribution in [0.5, 0.6) is 5.75 Å². The Balaban J connectivity index is 1.76. The van der Waals surface area contributed by atoms with Gasteiger partial charge in [0.1, 0.15) is 5.75 Å². The number of fused-ring (bicyclic) bond motifs is 4. The van der Waals surface area contributed by atoms with Crippen LogP contribution in [-0.2, 0) is 4.74 Å².